The number of aliphatic hydroxyl groups excluding tert-OH is 1. The summed E-state index contributed by atoms with van der Waals surface area (Å²) in [6.45, 7) is 0.00181. The van der Waals surface area contributed by atoms with Crippen LogP contribution in [0.3, 0.4) is 0 Å². The van der Waals surface area contributed by atoms with Crippen molar-refractivity contribution in [3.63, 3.8) is 0 Å². The van der Waals surface area contributed by atoms with Gasteiger partial charge in [0.15, 0.2) is 17.5 Å². The Labute approximate surface area is 150 Å². The van der Waals surface area contributed by atoms with E-state index in [1.54, 1.807) is 12.4 Å². The van der Waals surface area contributed by atoms with Gasteiger partial charge in [-0.15, -0.1) is 0 Å². The topological polar surface area (TPSA) is 112 Å². The quantitative estimate of drug-likeness (QED) is 0.378. The molecule has 2 atom stereocenters. The van der Waals surface area contributed by atoms with Crippen molar-refractivity contribution in [1.29, 1.82) is 0 Å². The van der Waals surface area contributed by atoms with Crippen LogP contribution in [0.2, 0.25) is 0 Å². The molecular weight excluding hydrogens is 370 g/mol. The second-order valence-corrected chi connectivity index (χ2v) is 5.75. The summed E-state index contributed by atoms with van der Waals surface area (Å²) in [6.07, 6.45) is -0.647. The number of nitrogens with one attached hydrogen (secondary N) is 3. The van der Waals surface area contributed by atoms with Crippen molar-refractivity contribution in [2.75, 3.05) is 11.9 Å². The van der Waals surface area contributed by atoms with Crippen LogP contribution < -0.4 is 10.6 Å². The lowest BCUT2D eigenvalue weighted by atomic mass is 10.2. The summed E-state index contributed by atoms with van der Waals surface area (Å²) in [5.41, 5.74) is 1.07. The van der Waals surface area contributed by atoms with Crippen molar-refractivity contribution in [2.24, 2.45) is 0 Å². The number of aliphatic hydroxyl groups is 1. The minimum atomic E-state index is -4.48. The van der Waals surface area contributed by atoms with Gasteiger partial charge in [-0.3, -0.25) is 5.32 Å². The van der Waals surface area contributed by atoms with E-state index in [1.807, 2.05) is 5.32 Å². The molecule has 0 aliphatic heterocycles. The van der Waals surface area contributed by atoms with Crippen molar-refractivity contribution in [3.8, 4) is 11.4 Å². The molecule has 144 valence electrons. The number of aromatic amines is 1. The van der Waals surface area contributed by atoms with Gasteiger partial charge in [0, 0.05) is 23.3 Å². The fourth-order valence-corrected chi connectivity index (χ4v) is 2.33. The second kappa shape index (κ2) is 7.40. The molecule has 1 unspecified atom stereocenters. The summed E-state index contributed by atoms with van der Waals surface area (Å²) in [5, 5.41) is 14.8. The molecule has 3 aromatic heterocycles. The van der Waals surface area contributed by atoms with Gasteiger partial charge in [-0.1, -0.05) is 0 Å². The zero-order valence-corrected chi connectivity index (χ0v) is 13.9. The van der Waals surface area contributed by atoms with Crippen LogP contribution in [-0.2, 0) is 0 Å². The average Bonchev–Trinajstić information content (AvgIpc) is 3.05. The van der Waals surface area contributed by atoms with E-state index >= 15 is 0 Å². The van der Waals surface area contributed by atoms with Crippen molar-refractivity contribution in [2.45, 2.75) is 25.4 Å². The van der Waals surface area contributed by atoms with Crippen LogP contribution in [0.25, 0.3) is 22.4 Å². The Morgan fingerprint density at radius 1 is 1.26 bits per heavy atom. The summed E-state index contributed by atoms with van der Waals surface area (Å²) in [5.74, 6) is -0.916. The molecule has 0 fully saturated rings. The third kappa shape index (κ3) is 4.46. The van der Waals surface area contributed by atoms with Crippen LogP contribution >= 0.6 is 0 Å². The summed E-state index contributed by atoms with van der Waals surface area (Å²) in [7, 11) is 0. The molecule has 3 rings (SSSR count). The van der Waals surface area contributed by atoms with Gasteiger partial charge in [0.05, 0.1) is 18.8 Å². The lowest BCUT2D eigenvalue weighted by Crippen LogP contribution is -2.46. The predicted octanol–water partition coefficient (Wildman–Crippen LogP) is 1.82. The van der Waals surface area contributed by atoms with Crippen LogP contribution in [0.15, 0.2) is 24.9 Å². The highest BCUT2D eigenvalue weighted by atomic mass is 19.4. The number of halogens is 4. The summed E-state index contributed by atoms with van der Waals surface area (Å²) < 4.78 is 50.7. The van der Waals surface area contributed by atoms with Crippen LogP contribution in [0.1, 0.15) is 6.92 Å². The molecule has 4 N–H and O–H groups in total. The maximum atomic E-state index is 14.0. The minimum absolute atomic E-state index is 0.157. The molecule has 8 nitrogen and oxygen atoms in total. The maximum Gasteiger partial charge on any atom is 0.401 e. The monoisotopic (exact) mass is 385 g/mol. The Morgan fingerprint density at radius 2 is 2.04 bits per heavy atom. The smallest absolute Gasteiger partial charge is 0.376 e. The largest absolute Gasteiger partial charge is 0.401 e. The number of hydrogen-bond acceptors (Lipinski definition) is 7. The molecule has 0 amide bonds. The molecule has 0 aliphatic rings. The van der Waals surface area contributed by atoms with E-state index in [9.17, 15) is 22.7 Å². The molecule has 0 spiro atoms. The van der Waals surface area contributed by atoms with Crippen molar-refractivity contribution < 1.29 is 22.7 Å². The molecule has 0 aliphatic carbocycles. The maximum absolute atomic E-state index is 14.0. The Hall–Kier alpha value is -2.86. The normalized spacial score (nSPS) is 14.3. The van der Waals surface area contributed by atoms with E-state index in [0.29, 0.717) is 16.6 Å². The first-order valence-corrected chi connectivity index (χ1v) is 7.79. The van der Waals surface area contributed by atoms with E-state index in [-0.39, 0.29) is 11.6 Å². The van der Waals surface area contributed by atoms with Gasteiger partial charge in [-0.25, -0.2) is 24.3 Å². The second-order valence-electron chi connectivity index (χ2n) is 5.75. The van der Waals surface area contributed by atoms with E-state index in [1.165, 1.54) is 13.3 Å². The molecule has 0 radical (unpaired) electrons. The molecule has 0 aromatic carbocycles. The number of hydrogen-bond donors (Lipinski definition) is 4. The molecule has 0 bridgehead atoms. The summed E-state index contributed by atoms with van der Waals surface area (Å²) in [6, 6.07) is -0.962. The lowest BCUT2D eigenvalue weighted by Gasteiger charge is -2.22. The number of nitrogens with zero attached hydrogens (tertiary/aromatic N) is 4. The van der Waals surface area contributed by atoms with Gasteiger partial charge in [-0.2, -0.15) is 13.2 Å². The standard InChI is InChI=1S/C15H15F4N7O/c1-7(14(27)23-5-15(17,18)19)25-13-10(16)4-22-12(26-13)9-3-21-11-8(9)2-20-6-24-11/h2-4,6-7,14,23,27H,5H2,1H3,(H,20,21,24)(H,22,25,26)/t7-,14?/m0/s1. The minimum Gasteiger partial charge on any atom is -0.376 e. The number of alkyl halides is 3. The molecule has 27 heavy (non-hydrogen) atoms. The lowest BCUT2D eigenvalue weighted by molar-refractivity contribution is -0.131. The highest BCUT2D eigenvalue weighted by molar-refractivity contribution is 5.90. The number of fused-ring (bicyclic) bond motifs is 1. The highest BCUT2D eigenvalue weighted by Gasteiger charge is 2.29. The molecule has 3 heterocycles. The summed E-state index contributed by atoms with van der Waals surface area (Å²) >= 11 is 0. The van der Waals surface area contributed by atoms with Gasteiger partial charge < -0.3 is 15.4 Å². The van der Waals surface area contributed by atoms with E-state index in [2.05, 4.69) is 30.2 Å². The first kappa shape index (κ1) is 18.9. The fourth-order valence-electron chi connectivity index (χ4n) is 2.33. The van der Waals surface area contributed by atoms with Gasteiger partial charge >= 0.3 is 6.18 Å². The highest BCUT2D eigenvalue weighted by Crippen LogP contribution is 2.25. The van der Waals surface area contributed by atoms with Crippen LogP contribution in [0, 0.1) is 5.82 Å². The van der Waals surface area contributed by atoms with Crippen molar-refractivity contribution >= 4 is 16.9 Å². The van der Waals surface area contributed by atoms with Crippen molar-refractivity contribution in [3.05, 3.63) is 30.7 Å². The van der Waals surface area contributed by atoms with Gasteiger partial charge in [-0.05, 0) is 6.92 Å². The molecule has 12 heteroatoms. The zero-order chi connectivity index (χ0) is 19.6. The van der Waals surface area contributed by atoms with Gasteiger partial charge in [0.2, 0.25) is 0 Å². The zero-order valence-electron chi connectivity index (χ0n) is 13.9. The Kier molecular flexibility index (Phi) is 5.19. The Morgan fingerprint density at radius 3 is 2.78 bits per heavy atom. The van der Waals surface area contributed by atoms with Crippen LogP contribution in [-0.4, -0.2) is 55.0 Å². The van der Waals surface area contributed by atoms with Crippen LogP contribution in [0.4, 0.5) is 23.4 Å². The number of anilines is 1. The third-order valence-corrected chi connectivity index (χ3v) is 3.69. The van der Waals surface area contributed by atoms with E-state index in [4.69, 9.17) is 0 Å². The Balaban J connectivity index is 1.79. The number of H-pyrrole nitrogens is 1. The SMILES string of the molecule is C[C@H](Nc1nc(-c2c[nH]c3ncncc23)ncc1F)C(O)NCC(F)(F)F. The number of rotatable bonds is 6. The number of aromatic nitrogens is 5. The van der Waals surface area contributed by atoms with Gasteiger partial charge in [0.1, 0.15) is 18.2 Å². The summed E-state index contributed by atoms with van der Waals surface area (Å²) in [4.78, 5) is 18.8. The first-order chi connectivity index (χ1) is 12.7. The van der Waals surface area contributed by atoms with E-state index < -0.39 is 30.8 Å². The molecular formula is C15H15F4N7O. The fraction of sp³-hybridized carbons (Fsp3) is 0.333. The van der Waals surface area contributed by atoms with Gasteiger partial charge in [0.25, 0.3) is 0 Å². The average molecular weight is 385 g/mol. The Bertz CT molecular complexity index is 930. The third-order valence-electron chi connectivity index (χ3n) is 3.69. The predicted molar refractivity (Wildman–Crippen MR) is 88.0 cm³/mol. The van der Waals surface area contributed by atoms with Crippen molar-refractivity contribution in [1.82, 2.24) is 30.2 Å². The molecule has 0 saturated carbocycles. The van der Waals surface area contributed by atoms with E-state index in [0.717, 1.165) is 6.20 Å². The first-order valence-electron chi connectivity index (χ1n) is 7.79. The molecule has 0 saturated heterocycles. The van der Waals surface area contributed by atoms with Crippen LogP contribution in [0.5, 0.6) is 0 Å². The molecule has 3 aromatic rings.